The minimum atomic E-state index is -10.6. The third kappa shape index (κ3) is 6.56. The van der Waals surface area contributed by atoms with E-state index in [-0.39, 0.29) is 0 Å². The summed E-state index contributed by atoms with van der Waals surface area (Å²) in [5.41, 5.74) is 0. The molecule has 1 atom stereocenters. The van der Waals surface area contributed by atoms with Crippen molar-refractivity contribution in [2.45, 2.75) is 117 Å². The van der Waals surface area contributed by atoms with Crippen LogP contribution in [0.15, 0.2) is 0 Å². The maximum atomic E-state index is 13.9. The van der Waals surface area contributed by atoms with Gasteiger partial charge in [-0.2, -0.15) is 176 Å². The van der Waals surface area contributed by atoms with E-state index in [2.05, 4.69) is 0 Å². The lowest BCUT2D eigenvalue weighted by molar-refractivity contribution is -0.494. The molecule has 0 saturated heterocycles. The zero-order chi connectivity index (χ0) is 52.0. The lowest BCUT2D eigenvalue weighted by Gasteiger charge is -2.47. The molecule has 0 aliphatic carbocycles. The van der Waals surface area contributed by atoms with Crippen molar-refractivity contribution in [3.63, 3.8) is 0 Å². The molecule has 0 radical (unpaired) electrons. The van der Waals surface area contributed by atoms with E-state index in [0.717, 1.165) is 0 Å². The van der Waals surface area contributed by atoms with E-state index >= 15 is 0 Å². The summed E-state index contributed by atoms with van der Waals surface area (Å²) in [6.07, 6.45) is -16.4. The molecule has 0 aromatic carbocycles. The molecule has 0 fully saturated rings. The van der Waals surface area contributed by atoms with Gasteiger partial charge in [0.05, 0.1) is 0 Å². The molecule has 0 heterocycles. The number of rotatable bonds is 17. The largest absolute Gasteiger partial charge is 0.460 e. The zero-order valence-corrected chi connectivity index (χ0v) is 28.0. The second-order valence-corrected chi connectivity index (χ2v) is 12.8. The maximum Gasteiger partial charge on any atom is 0.460 e. The van der Waals surface area contributed by atoms with Crippen LogP contribution in [0.5, 0.6) is 0 Å². The summed E-state index contributed by atoms with van der Waals surface area (Å²) in [7, 11) is 0. The molecule has 0 spiro atoms. The van der Waals surface area contributed by atoms with E-state index in [9.17, 15) is 180 Å². The van der Waals surface area contributed by atoms with Gasteiger partial charge in [0, 0.05) is 0 Å². The fraction of sp³-hybridized carbons (Fsp3) is 1.00. The predicted molar refractivity (Wildman–Crippen MR) is 114 cm³/mol. The minimum Gasteiger partial charge on any atom is -0.215 e. The smallest absolute Gasteiger partial charge is 0.215 e. The zero-order valence-electron chi connectivity index (χ0n) is 25.9. The highest BCUT2D eigenvalue weighted by atomic mass is 127. The Bertz CT molecular complexity index is 1510. The summed E-state index contributed by atoms with van der Waals surface area (Å²) in [6.45, 7) is 0. The molecule has 0 N–H and O–H groups in total. The summed E-state index contributed by atoms with van der Waals surface area (Å²) in [5, 5.41) is 0. The van der Waals surface area contributed by atoms with E-state index in [1.54, 1.807) is 0 Å². The standard InChI is InChI=1S/C20F41I/c21-1(22,3(25,26)5(29,30)7(33,34)9(37,38)11(41,42)13(45,46)15(49,50)17(53,54)19(56,57)58)2(23,24)4(27,28)6(31,32)8(35,36)10(39,40)12(43,44)14(47,48)16(51,52)18(55,62)20(59,60)61. The Labute approximate surface area is 320 Å². The molecular weight excluding hydrogens is 1150 g/mol. The number of hydrogen-bond acceptors (Lipinski definition) is 0. The topological polar surface area (TPSA) is 0 Å². The molecule has 0 bridgehead atoms. The lowest BCUT2D eigenvalue weighted by atomic mass is 9.82. The van der Waals surface area contributed by atoms with Crippen LogP contribution in [-0.4, -0.2) is 117 Å². The minimum absolute atomic E-state index is 1.82. The van der Waals surface area contributed by atoms with Crippen molar-refractivity contribution in [1.82, 2.24) is 0 Å². The normalized spacial score (nSPS) is 18.3. The molecule has 0 nitrogen and oxygen atoms in total. The van der Waals surface area contributed by atoms with E-state index in [1.165, 1.54) is 0 Å². The first-order chi connectivity index (χ1) is 25.8. The fourth-order valence-electron chi connectivity index (χ4n) is 3.51. The van der Waals surface area contributed by atoms with Crippen molar-refractivity contribution < 1.29 is 180 Å². The van der Waals surface area contributed by atoms with Crippen LogP contribution in [0.1, 0.15) is 0 Å². The number of alkyl halides is 42. The number of hydrogen-bond donors (Lipinski definition) is 0. The Morgan fingerprint density at radius 3 is 0.323 bits per heavy atom. The average molecular weight is 1150 g/mol. The SMILES string of the molecule is FC(F)(F)C(F)(F)C(F)(F)C(F)(F)C(F)(F)C(F)(F)C(F)(F)C(F)(F)C(F)(F)C(F)(F)C(F)(F)C(F)(F)C(F)(F)C(F)(F)C(F)(F)C(F)(F)C(F)(F)C(F)(F)C(F)(I)C(F)(F)F. The van der Waals surface area contributed by atoms with Gasteiger partial charge in [-0.3, -0.25) is 0 Å². The van der Waals surface area contributed by atoms with E-state index in [4.69, 9.17) is 0 Å². The molecule has 0 rings (SSSR count). The molecular formula is C20F41I. The second-order valence-electron chi connectivity index (χ2n) is 11.3. The Kier molecular flexibility index (Phi) is 13.7. The van der Waals surface area contributed by atoms with Gasteiger partial charge in [-0.1, -0.05) is 0 Å². The van der Waals surface area contributed by atoms with Crippen LogP contribution in [0.25, 0.3) is 0 Å². The van der Waals surface area contributed by atoms with Gasteiger partial charge in [0.25, 0.3) is 0 Å². The first kappa shape index (κ1) is 59.9. The Balaban J connectivity index is 7.98. The van der Waals surface area contributed by atoms with E-state index in [1.807, 2.05) is 0 Å². The van der Waals surface area contributed by atoms with Crippen LogP contribution < -0.4 is 0 Å². The van der Waals surface area contributed by atoms with Gasteiger partial charge in [0.15, 0.2) is 0 Å². The van der Waals surface area contributed by atoms with Gasteiger partial charge in [-0.15, -0.1) is 0 Å². The van der Waals surface area contributed by atoms with Gasteiger partial charge >= 0.3 is 117 Å². The van der Waals surface area contributed by atoms with Crippen LogP contribution in [0.2, 0.25) is 0 Å². The van der Waals surface area contributed by atoms with Crippen molar-refractivity contribution >= 4 is 22.6 Å². The molecule has 0 aromatic rings. The highest BCUT2D eigenvalue weighted by Crippen LogP contribution is 2.71. The van der Waals surface area contributed by atoms with Gasteiger partial charge in [0.1, 0.15) is 0 Å². The first-order valence-electron chi connectivity index (χ1n) is 12.7. The van der Waals surface area contributed by atoms with Gasteiger partial charge in [0.2, 0.25) is 0 Å². The van der Waals surface area contributed by atoms with Crippen molar-refractivity contribution in [3.05, 3.63) is 0 Å². The molecule has 42 heteroatoms. The summed E-state index contributed by atoms with van der Waals surface area (Å²) in [5.74, 6) is -171. The highest BCUT2D eigenvalue weighted by Gasteiger charge is 3.03. The van der Waals surface area contributed by atoms with Crippen LogP contribution >= 0.6 is 22.6 Å². The predicted octanol–water partition coefficient (Wildman–Crippen LogP) is 14.0. The fourth-order valence-corrected chi connectivity index (χ4v) is 3.85. The Hall–Kier alpha value is -2.14. The molecule has 62 heavy (non-hydrogen) atoms. The molecule has 0 amide bonds. The van der Waals surface area contributed by atoms with Crippen molar-refractivity contribution in [1.29, 1.82) is 0 Å². The summed E-state index contributed by atoms with van der Waals surface area (Å²) in [6, 6.07) is 0. The molecule has 0 aliphatic heterocycles. The van der Waals surface area contributed by atoms with Gasteiger partial charge in [-0.25, -0.2) is 4.39 Å². The third-order valence-corrected chi connectivity index (χ3v) is 8.70. The van der Waals surface area contributed by atoms with Crippen molar-refractivity contribution in [3.8, 4) is 0 Å². The van der Waals surface area contributed by atoms with Gasteiger partial charge < -0.3 is 0 Å². The molecule has 0 aliphatic rings. The summed E-state index contributed by atoms with van der Waals surface area (Å²) < 4.78 is 545. The van der Waals surface area contributed by atoms with Crippen LogP contribution in [-0.2, 0) is 0 Å². The first-order valence-corrected chi connectivity index (χ1v) is 13.8. The van der Waals surface area contributed by atoms with Crippen LogP contribution in [0.3, 0.4) is 0 Å². The average Bonchev–Trinajstić information content (AvgIpc) is 3.01. The van der Waals surface area contributed by atoms with E-state index < -0.39 is 139 Å². The number of halogens is 42. The molecule has 374 valence electrons. The van der Waals surface area contributed by atoms with Crippen LogP contribution in [0.4, 0.5) is 180 Å². The van der Waals surface area contributed by atoms with Crippen molar-refractivity contribution in [2.75, 3.05) is 0 Å². The molecule has 0 aromatic heterocycles. The van der Waals surface area contributed by atoms with Crippen LogP contribution in [0, 0.1) is 0 Å². The lowest BCUT2D eigenvalue weighted by Crippen LogP contribution is -2.80. The maximum absolute atomic E-state index is 13.9. The Morgan fingerprint density at radius 1 is 0.129 bits per heavy atom. The third-order valence-electron chi connectivity index (χ3n) is 7.42. The second kappa shape index (κ2) is 14.2. The van der Waals surface area contributed by atoms with Gasteiger partial charge in [-0.05, 0) is 22.6 Å². The quantitative estimate of drug-likeness (QED) is 0.0774. The highest BCUT2D eigenvalue weighted by molar-refractivity contribution is 14.1. The summed E-state index contributed by atoms with van der Waals surface area (Å²) in [4.78, 5) is 0. The monoisotopic (exact) mass is 1150 g/mol. The van der Waals surface area contributed by atoms with E-state index in [0.29, 0.717) is 0 Å². The molecule has 1 unspecified atom stereocenters. The molecule has 0 saturated carbocycles. The van der Waals surface area contributed by atoms with Crippen molar-refractivity contribution in [2.24, 2.45) is 0 Å². The Morgan fingerprint density at radius 2 is 0.226 bits per heavy atom. The summed E-state index contributed by atoms with van der Waals surface area (Å²) >= 11 is -1.82.